The van der Waals surface area contributed by atoms with Crippen LogP contribution in [-0.4, -0.2) is 4.98 Å². The summed E-state index contributed by atoms with van der Waals surface area (Å²) < 4.78 is 5.76. The van der Waals surface area contributed by atoms with Gasteiger partial charge in [0.2, 0.25) is 0 Å². The molecule has 0 saturated heterocycles. The summed E-state index contributed by atoms with van der Waals surface area (Å²) >= 11 is 1.71. The van der Waals surface area contributed by atoms with E-state index in [1.807, 2.05) is 42.7 Å². The van der Waals surface area contributed by atoms with Gasteiger partial charge in [0.15, 0.2) is 0 Å². The summed E-state index contributed by atoms with van der Waals surface area (Å²) in [6.07, 6.45) is 3.63. The van der Waals surface area contributed by atoms with Gasteiger partial charge >= 0.3 is 0 Å². The van der Waals surface area contributed by atoms with E-state index in [2.05, 4.69) is 33.9 Å². The van der Waals surface area contributed by atoms with Gasteiger partial charge < -0.3 is 10.1 Å². The van der Waals surface area contributed by atoms with Crippen LogP contribution in [-0.2, 0) is 19.7 Å². The lowest BCUT2D eigenvalue weighted by molar-refractivity contribution is 0.309. The molecule has 3 aromatic rings. The van der Waals surface area contributed by atoms with Crippen molar-refractivity contribution in [2.24, 2.45) is 0 Å². The van der Waals surface area contributed by atoms with Gasteiger partial charge in [0.1, 0.15) is 12.4 Å². The van der Waals surface area contributed by atoms with Crippen LogP contribution in [0.15, 0.2) is 66.3 Å². The van der Waals surface area contributed by atoms with Crippen molar-refractivity contribution in [3.05, 3.63) is 82.3 Å². The number of thiophene rings is 1. The third-order valence-corrected chi connectivity index (χ3v) is 4.14. The van der Waals surface area contributed by atoms with E-state index in [9.17, 15) is 0 Å². The number of pyridine rings is 1. The molecule has 2 heterocycles. The molecule has 0 amide bonds. The van der Waals surface area contributed by atoms with Crippen molar-refractivity contribution >= 4 is 11.3 Å². The summed E-state index contributed by atoms with van der Waals surface area (Å²) in [5.41, 5.74) is 2.49. The molecule has 4 heteroatoms. The number of nitrogens with zero attached hydrogens (tertiary/aromatic N) is 1. The fraction of sp³-hybridized carbons (Fsp3) is 0.167. The first-order valence-corrected chi connectivity index (χ1v) is 8.12. The van der Waals surface area contributed by atoms with Crippen molar-refractivity contribution in [3.63, 3.8) is 0 Å². The normalized spacial score (nSPS) is 10.5. The lowest BCUT2D eigenvalue weighted by Crippen LogP contribution is -2.12. The third-order valence-electron chi connectivity index (χ3n) is 3.29. The molecule has 0 spiro atoms. The fourth-order valence-corrected chi connectivity index (χ4v) is 2.72. The molecule has 3 rings (SSSR count). The summed E-state index contributed by atoms with van der Waals surface area (Å²) in [6, 6.07) is 16.4. The third kappa shape index (κ3) is 4.41. The maximum atomic E-state index is 5.76. The highest BCUT2D eigenvalue weighted by Gasteiger charge is 1.98. The molecule has 0 bridgehead atoms. The Balaban J connectivity index is 1.45. The molecule has 112 valence electrons. The van der Waals surface area contributed by atoms with Crippen LogP contribution in [0.5, 0.6) is 5.75 Å². The molecular weight excluding hydrogens is 292 g/mol. The van der Waals surface area contributed by atoms with Crippen molar-refractivity contribution in [2.75, 3.05) is 0 Å². The van der Waals surface area contributed by atoms with Crippen LogP contribution in [0.25, 0.3) is 0 Å². The van der Waals surface area contributed by atoms with Gasteiger partial charge in [-0.1, -0.05) is 18.2 Å². The Labute approximate surface area is 134 Å². The zero-order valence-corrected chi connectivity index (χ0v) is 13.1. The van der Waals surface area contributed by atoms with E-state index >= 15 is 0 Å². The largest absolute Gasteiger partial charge is 0.488 e. The Morgan fingerprint density at radius 2 is 1.64 bits per heavy atom. The van der Waals surface area contributed by atoms with Crippen LogP contribution in [0, 0.1) is 0 Å². The van der Waals surface area contributed by atoms with E-state index in [4.69, 9.17) is 4.74 Å². The number of hydrogen-bond acceptors (Lipinski definition) is 4. The van der Waals surface area contributed by atoms with Crippen LogP contribution in [0.2, 0.25) is 0 Å². The number of benzene rings is 1. The van der Waals surface area contributed by atoms with Crippen molar-refractivity contribution < 1.29 is 4.74 Å². The van der Waals surface area contributed by atoms with Gasteiger partial charge in [0, 0.05) is 30.4 Å². The summed E-state index contributed by atoms with van der Waals surface area (Å²) in [5, 5.41) is 5.49. The number of aromatic nitrogens is 1. The lowest BCUT2D eigenvalue weighted by atomic mass is 10.2. The highest BCUT2D eigenvalue weighted by molar-refractivity contribution is 7.09. The first-order valence-electron chi connectivity index (χ1n) is 7.24. The molecule has 0 radical (unpaired) electrons. The maximum absolute atomic E-state index is 5.76. The number of hydrogen-bond donors (Lipinski definition) is 1. The highest BCUT2D eigenvalue weighted by Crippen LogP contribution is 2.16. The van der Waals surface area contributed by atoms with Crippen LogP contribution >= 0.6 is 11.3 Å². The fourth-order valence-electron chi connectivity index (χ4n) is 2.10. The van der Waals surface area contributed by atoms with Crippen molar-refractivity contribution in [2.45, 2.75) is 19.7 Å². The molecule has 0 aliphatic heterocycles. The first kappa shape index (κ1) is 14.8. The monoisotopic (exact) mass is 310 g/mol. The Morgan fingerprint density at radius 1 is 0.909 bits per heavy atom. The highest BCUT2D eigenvalue weighted by atomic mass is 32.1. The van der Waals surface area contributed by atoms with Gasteiger partial charge in [-0.2, -0.15) is 0 Å². The smallest absolute Gasteiger partial charge is 0.122 e. The molecule has 2 aromatic heterocycles. The minimum absolute atomic E-state index is 0.636. The molecule has 0 fully saturated rings. The van der Waals surface area contributed by atoms with Crippen molar-refractivity contribution in [3.8, 4) is 5.75 Å². The summed E-state index contributed by atoms with van der Waals surface area (Å²) in [7, 11) is 0. The number of ether oxygens (including phenoxy) is 1. The number of rotatable bonds is 7. The second-order valence-corrected chi connectivity index (χ2v) is 6.00. The van der Waals surface area contributed by atoms with Crippen LogP contribution in [0.4, 0.5) is 0 Å². The van der Waals surface area contributed by atoms with Gasteiger partial charge in [-0.05, 0) is 46.8 Å². The zero-order valence-electron chi connectivity index (χ0n) is 12.2. The molecule has 1 aromatic carbocycles. The Hall–Kier alpha value is -2.17. The summed E-state index contributed by atoms with van der Waals surface area (Å²) in [4.78, 5) is 5.26. The Morgan fingerprint density at radius 3 is 2.32 bits per heavy atom. The van der Waals surface area contributed by atoms with E-state index in [-0.39, 0.29) is 0 Å². The zero-order chi connectivity index (χ0) is 15.0. The second-order valence-electron chi connectivity index (χ2n) is 4.97. The molecule has 22 heavy (non-hydrogen) atoms. The van der Waals surface area contributed by atoms with Crippen LogP contribution in [0.1, 0.15) is 16.0 Å². The minimum Gasteiger partial charge on any atom is -0.488 e. The second kappa shape index (κ2) is 7.73. The maximum Gasteiger partial charge on any atom is 0.122 e. The molecule has 0 aliphatic carbocycles. The predicted molar refractivity (Wildman–Crippen MR) is 89.9 cm³/mol. The van der Waals surface area contributed by atoms with Gasteiger partial charge in [0.05, 0.1) is 0 Å². The molecule has 0 unspecified atom stereocenters. The molecule has 0 saturated carbocycles. The Kier molecular flexibility index (Phi) is 5.18. The summed E-state index contributed by atoms with van der Waals surface area (Å²) in [5.74, 6) is 0.909. The van der Waals surface area contributed by atoms with Gasteiger partial charge in [-0.15, -0.1) is 11.3 Å². The average molecular weight is 310 g/mol. The Bertz CT molecular complexity index is 666. The van der Waals surface area contributed by atoms with Gasteiger partial charge in [0.25, 0.3) is 0 Å². The lowest BCUT2D eigenvalue weighted by Gasteiger charge is -2.07. The molecule has 3 nitrogen and oxygen atoms in total. The van der Waals surface area contributed by atoms with Crippen molar-refractivity contribution in [1.82, 2.24) is 10.3 Å². The standard InChI is InChI=1S/C18H18N2OS/c1-2-18(22-11-1)14-21-17-5-3-15(4-6-17)12-20-13-16-7-9-19-10-8-16/h1-11,20H,12-14H2. The van der Waals surface area contributed by atoms with Crippen LogP contribution < -0.4 is 10.1 Å². The van der Waals surface area contributed by atoms with E-state index in [0.29, 0.717) is 6.61 Å². The van der Waals surface area contributed by atoms with Gasteiger partial charge in [-0.25, -0.2) is 0 Å². The first-order chi connectivity index (χ1) is 10.9. The molecular formula is C18H18N2OS. The van der Waals surface area contributed by atoms with Crippen molar-refractivity contribution in [1.29, 1.82) is 0 Å². The van der Waals surface area contributed by atoms with Gasteiger partial charge in [-0.3, -0.25) is 4.98 Å². The number of nitrogens with one attached hydrogen (secondary N) is 1. The summed E-state index contributed by atoms with van der Waals surface area (Å²) in [6.45, 7) is 2.32. The SMILES string of the molecule is c1csc(COc2ccc(CNCc3ccncc3)cc2)c1. The average Bonchev–Trinajstić information content (AvgIpc) is 3.09. The van der Waals surface area contributed by atoms with E-state index in [1.165, 1.54) is 16.0 Å². The van der Waals surface area contributed by atoms with E-state index < -0.39 is 0 Å². The molecule has 0 aliphatic rings. The van der Waals surface area contributed by atoms with E-state index in [0.717, 1.165) is 18.8 Å². The van der Waals surface area contributed by atoms with Crippen LogP contribution in [0.3, 0.4) is 0 Å². The quantitative estimate of drug-likeness (QED) is 0.716. The molecule has 1 N–H and O–H groups in total. The predicted octanol–water partition coefficient (Wildman–Crippen LogP) is 4.01. The minimum atomic E-state index is 0.636. The van der Waals surface area contributed by atoms with E-state index in [1.54, 1.807) is 11.3 Å². The molecule has 0 atom stereocenters. The topological polar surface area (TPSA) is 34.1 Å².